The smallest absolute Gasteiger partial charge is 0.383 e. The number of carbonyl (C=O) groups is 2. The molecule has 0 radical (unpaired) electrons. The molecular formula is C25H44O10. The van der Waals surface area contributed by atoms with Crippen LogP contribution in [0.2, 0.25) is 0 Å². The number of aliphatic hydroxyl groups is 4. The third-order valence-corrected chi connectivity index (χ3v) is 6.28. The summed E-state index contributed by atoms with van der Waals surface area (Å²) in [6, 6.07) is 0. The molecule has 0 saturated heterocycles. The zero-order valence-electron chi connectivity index (χ0n) is 21.3. The molecule has 0 spiro atoms. The van der Waals surface area contributed by atoms with Gasteiger partial charge in [-0.3, -0.25) is 4.79 Å². The topological polar surface area (TPSA) is 163 Å². The fraction of sp³-hybridized carbons (Fsp3) is 0.840. The number of hydrogen-bond donors (Lipinski definition) is 5. The van der Waals surface area contributed by atoms with Gasteiger partial charge >= 0.3 is 5.97 Å². The molecule has 35 heavy (non-hydrogen) atoms. The molecule has 0 aromatic rings. The molecule has 0 bridgehead atoms. The van der Waals surface area contributed by atoms with Crippen molar-refractivity contribution in [2.75, 3.05) is 19.8 Å². The number of Topliss-reactive ketones (excluding diaryl/α,β-unsaturated/α-hetero) is 1. The summed E-state index contributed by atoms with van der Waals surface area (Å²) >= 11 is 0. The standard InChI is InChI=1S/C25H44O10/c1-4-5-6-7-8-9-10-11-12-13-14-33-22-20(35-32)23(30)34-25(22,21(29)19(28)16-26)24(31,17-27)15-18(2)3/h18-19,26-28,31-32H,4-17H2,1-3H3/t19?,24-,25-/m0/s1. The normalized spacial score (nSPS) is 20.7. The highest BCUT2D eigenvalue weighted by atomic mass is 17.1. The minimum Gasteiger partial charge on any atom is -0.489 e. The Bertz CT molecular complexity index is 692. The fourth-order valence-electron chi connectivity index (χ4n) is 4.50. The van der Waals surface area contributed by atoms with Crippen LogP contribution in [0.4, 0.5) is 0 Å². The molecule has 1 heterocycles. The van der Waals surface area contributed by atoms with Crippen molar-refractivity contribution in [3.63, 3.8) is 0 Å². The minimum absolute atomic E-state index is 0.00275. The number of ketones is 1. The van der Waals surface area contributed by atoms with Crippen molar-refractivity contribution in [2.24, 2.45) is 5.92 Å². The van der Waals surface area contributed by atoms with E-state index in [1.54, 1.807) is 13.8 Å². The lowest BCUT2D eigenvalue weighted by molar-refractivity contribution is -0.214. The van der Waals surface area contributed by atoms with Crippen LogP contribution in [0.5, 0.6) is 0 Å². The zero-order valence-corrected chi connectivity index (χ0v) is 21.3. The van der Waals surface area contributed by atoms with Gasteiger partial charge in [-0.05, 0) is 18.8 Å². The van der Waals surface area contributed by atoms with Crippen LogP contribution in [0.25, 0.3) is 0 Å². The maximum atomic E-state index is 13.2. The number of carbonyl (C=O) groups excluding carboxylic acids is 2. The molecule has 1 aliphatic rings. The number of cyclic esters (lactones) is 1. The van der Waals surface area contributed by atoms with Gasteiger partial charge in [-0.15, -0.1) is 0 Å². The molecule has 1 rings (SSSR count). The Balaban J connectivity index is 2.98. The summed E-state index contributed by atoms with van der Waals surface area (Å²) in [6.45, 7) is 3.53. The van der Waals surface area contributed by atoms with Gasteiger partial charge in [0.15, 0.2) is 0 Å². The molecule has 0 aromatic carbocycles. The first-order valence-corrected chi connectivity index (χ1v) is 12.7. The highest BCUT2D eigenvalue weighted by Crippen LogP contribution is 2.46. The number of aliphatic hydroxyl groups excluding tert-OH is 3. The van der Waals surface area contributed by atoms with Crippen molar-refractivity contribution in [1.29, 1.82) is 0 Å². The summed E-state index contributed by atoms with van der Waals surface area (Å²) in [5.74, 6) is -4.37. The molecular weight excluding hydrogens is 460 g/mol. The predicted octanol–water partition coefficient (Wildman–Crippen LogP) is 2.61. The van der Waals surface area contributed by atoms with Crippen molar-refractivity contribution in [1.82, 2.24) is 0 Å². The van der Waals surface area contributed by atoms with Crippen LogP contribution in [0.3, 0.4) is 0 Å². The Hall–Kier alpha value is -1.72. The number of unbranched alkanes of at least 4 members (excludes halogenated alkanes) is 9. The van der Waals surface area contributed by atoms with Gasteiger partial charge in [-0.2, -0.15) is 0 Å². The van der Waals surface area contributed by atoms with E-state index in [4.69, 9.17) is 9.47 Å². The summed E-state index contributed by atoms with van der Waals surface area (Å²) in [6.07, 6.45) is 8.44. The van der Waals surface area contributed by atoms with Gasteiger partial charge in [0.05, 0.1) is 19.8 Å². The van der Waals surface area contributed by atoms with Crippen molar-refractivity contribution in [3.05, 3.63) is 11.5 Å². The molecule has 0 fully saturated rings. The minimum atomic E-state index is -2.71. The first kappa shape index (κ1) is 31.3. The van der Waals surface area contributed by atoms with Gasteiger partial charge in [-0.25, -0.2) is 10.1 Å². The van der Waals surface area contributed by atoms with E-state index in [1.165, 1.54) is 32.1 Å². The lowest BCUT2D eigenvalue weighted by atomic mass is 9.72. The molecule has 0 aromatic heterocycles. The zero-order chi connectivity index (χ0) is 26.5. The predicted molar refractivity (Wildman–Crippen MR) is 127 cm³/mol. The molecule has 0 aliphatic carbocycles. The summed E-state index contributed by atoms with van der Waals surface area (Å²) in [7, 11) is 0. The Morgan fingerprint density at radius 2 is 1.57 bits per heavy atom. The fourth-order valence-corrected chi connectivity index (χ4v) is 4.50. The molecule has 0 amide bonds. The van der Waals surface area contributed by atoms with Crippen LogP contribution in [0, 0.1) is 5.92 Å². The Kier molecular flexibility index (Phi) is 13.8. The molecule has 10 heteroatoms. The van der Waals surface area contributed by atoms with Gasteiger partial charge in [-0.1, -0.05) is 78.6 Å². The highest BCUT2D eigenvalue weighted by molar-refractivity contribution is 6.03. The second-order valence-corrected chi connectivity index (χ2v) is 9.70. The van der Waals surface area contributed by atoms with Crippen molar-refractivity contribution >= 4 is 11.8 Å². The third-order valence-electron chi connectivity index (χ3n) is 6.28. The van der Waals surface area contributed by atoms with Gasteiger partial charge < -0.3 is 34.8 Å². The Morgan fingerprint density at radius 3 is 2.03 bits per heavy atom. The first-order valence-electron chi connectivity index (χ1n) is 12.7. The average molecular weight is 505 g/mol. The highest BCUT2D eigenvalue weighted by Gasteiger charge is 2.69. The number of esters is 1. The molecule has 10 nitrogen and oxygen atoms in total. The Morgan fingerprint density at radius 1 is 1.03 bits per heavy atom. The SMILES string of the molecule is CCCCCCCCCCCCOC1=C(OO)C(=O)O[C@]1(C(=O)C(O)CO)[C@@](O)(CO)CC(C)C. The van der Waals surface area contributed by atoms with Gasteiger partial charge in [0.2, 0.25) is 11.5 Å². The van der Waals surface area contributed by atoms with Crippen LogP contribution in [0.1, 0.15) is 91.4 Å². The van der Waals surface area contributed by atoms with Crippen LogP contribution in [-0.4, -0.2) is 74.6 Å². The second-order valence-electron chi connectivity index (χ2n) is 9.70. The van der Waals surface area contributed by atoms with Gasteiger partial charge in [0.1, 0.15) is 11.7 Å². The second kappa shape index (κ2) is 15.4. The molecule has 1 unspecified atom stereocenters. The van der Waals surface area contributed by atoms with Crippen molar-refractivity contribution in [2.45, 2.75) is 109 Å². The van der Waals surface area contributed by atoms with E-state index in [1.807, 2.05) is 0 Å². The van der Waals surface area contributed by atoms with E-state index in [0.29, 0.717) is 6.42 Å². The molecule has 204 valence electrons. The molecule has 5 N–H and O–H groups in total. The van der Waals surface area contributed by atoms with Gasteiger partial charge in [0, 0.05) is 0 Å². The van der Waals surface area contributed by atoms with E-state index >= 15 is 0 Å². The summed E-state index contributed by atoms with van der Waals surface area (Å²) < 4.78 is 10.9. The van der Waals surface area contributed by atoms with Crippen LogP contribution in [0.15, 0.2) is 11.5 Å². The number of hydrogen-bond acceptors (Lipinski definition) is 10. The van der Waals surface area contributed by atoms with E-state index in [-0.39, 0.29) is 18.9 Å². The lowest BCUT2D eigenvalue weighted by Gasteiger charge is -2.43. The van der Waals surface area contributed by atoms with Crippen molar-refractivity contribution in [3.8, 4) is 0 Å². The first-order chi connectivity index (χ1) is 16.6. The average Bonchev–Trinajstić information content (AvgIpc) is 3.13. The quantitative estimate of drug-likeness (QED) is 0.0720. The number of ether oxygens (including phenoxy) is 2. The monoisotopic (exact) mass is 504 g/mol. The van der Waals surface area contributed by atoms with Crippen LogP contribution >= 0.6 is 0 Å². The molecule has 0 saturated carbocycles. The maximum absolute atomic E-state index is 13.2. The summed E-state index contributed by atoms with van der Waals surface area (Å²) in [4.78, 5) is 29.8. The largest absolute Gasteiger partial charge is 0.489 e. The van der Waals surface area contributed by atoms with E-state index in [2.05, 4.69) is 11.8 Å². The van der Waals surface area contributed by atoms with Crippen LogP contribution < -0.4 is 0 Å². The van der Waals surface area contributed by atoms with E-state index < -0.39 is 53.8 Å². The van der Waals surface area contributed by atoms with E-state index in [0.717, 1.165) is 25.7 Å². The van der Waals surface area contributed by atoms with E-state index in [9.17, 15) is 35.3 Å². The van der Waals surface area contributed by atoms with Crippen molar-refractivity contribution < 1.29 is 49.6 Å². The Labute approximate surface area is 207 Å². The molecule has 1 aliphatic heterocycles. The number of rotatable bonds is 20. The maximum Gasteiger partial charge on any atom is 0.383 e. The third kappa shape index (κ3) is 7.88. The van der Waals surface area contributed by atoms with Crippen LogP contribution in [-0.2, 0) is 24.0 Å². The summed E-state index contributed by atoms with van der Waals surface area (Å²) in [5.41, 5.74) is -5.13. The van der Waals surface area contributed by atoms with Gasteiger partial charge in [0.25, 0.3) is 11.4 Å². The lowest BCUT2D eigenvalue weighted by Crippen LogP contribution is -2.66. The summed E-state index contributed by atoms with van der Waals surface area (Å²) in [5, 5.41) is 50.2. The molecule has 3 atom stereocenters.